The Labute approximate surface area is 116 Å². The average molecular weight is 262 g/mol. The molecule has 0 atom stereocenters. The molecule has 1 fully saturated rings. The van der Waals surface area contributed by atoms with Crippen LogP contribution in [-0.4, -0.2) is 10.6 Å². The van der Waals surface area contributed by atoms with Gasteiger partial charge in [-0.25, -0.2) is 0 Å². The summed E-state index contributed by atoms with van der Waals surface area (Å²) in [7, 11) is 0. The molecule has 19 heavy (non-hydrogen) atoms. The van der Waals surface area contributed by atoms with Crippen molar-refractivity contribution in [1.29, 1.82) is 0 Å². The van der Waals surface area contributed by atoms with Crippen LogP contribution in [0, 0.1) is 6.92 Å². The van der Waals surface area contributed by atoms with Crippen molar-refractivity contribution in [2.24, 2.45) is 0 Å². The van der Waals surface area contributed by atoms with E-state index in [9.17, 15) is 4.79 Å². The summed E-state index contributed by atoms with van der Waals surface area (Å²) in [5.74, 6) is 0. The van der Waals surface area contributed by atoms with Gasteiger partial charge in [0, 0.05) is 29.9 Å². The molecular weight excluding hydrogens is 236 g/mol. The lowest BCUT2D eigenvalue weighted by Crippen LogP contribution is -2.33. The number of aromatic nitrogens is 1. The fraction of sp³-hybridized carbons (Fsp3) is 0.688. The summed E-state index contributed by atoms with van der Waals surface area (Å²) in [4.78, 5) is 12.6. The van der Waals surface area contributed by atoms with Gasteiger partial charge in [0.25, 0.3) is 5.56 Å². The second-order valence-electron chi connectivity index (χ2n) is 6.00. The minimum atomic E-state index is 0.208. The molecule has 0 bridgehead atoms. The van der Waals surface area contributed by atoms with Crippen molar-refractivity contribution in [3.63, 3.8) is 0 Å². The highest BCUT2D eigenvalue weighted by atomic mass is 16.1. The molecule has 106 valence electrons. The predicted molar refractivity (Wildman–Crippen MR) is 79.5 cm³/mol. The Balaban J connectivity index is 2.26. The highest BCUT2D eigenvalue weighted by Crippen LogP contribution is 2.27. The molecule has 1 N–H and O–H groups in total. The fourth-order valence-electron chi connectivity index (χ4n) is 2.93. The van der Waals surface area contributed by atoms with Gasteiger partial charge in [0.05, 0.1) is 0 Å². The van der Waals surface area contributed by atoms with Crippen LogP contribution in [0.1, 0.15) is 63.3 Å². The lowest BCUT2D eigenvalue weighted by Gasteiger charge is -2.26. The molecule has 1 saturated carbocycles. The van der Waals surface area contributed by atoms with Crippen LogP contribution < -0.4 is 10.9 Å². The van der Waals surface area contributed by atoms with Crippen LogP contribution in [0.5, 0.6) is 0 Å². The van der Waals surface area contributed by atoms with E-state index in [4.69, 9.17) is 0 Å². The Kier molecular flexibility index (Phi) is 4.81. The van der Waals surface area contributed by atoms with E-state index < -0.39 is 0 Å². The van der Waals surface area contributed by atoms with Gasteiger partial charge in [-0.3, -0.25) is 4.79 Å². The number of pyridine rings is 1. The Bertz CT molecular complexity index is 470. The summed E-state index contributed by atoms with van der Waals surface area (Å²) < 4.78 is 2.04. The first kappa shape index (κ1) is 14.3. The van der Waals surface area contributed by atoms with Gasteiger partial charge in [-0.1, -0.05) is 39.2 Å². The van der Waals surface area contributed by atoms with Gasteiger partial charge in [0.1, 0.15) is 0 Å². The van der Waals surface area contributed by atoms with Crippen molar-refractivity contribution >= 4 is 0 Å². The van der Waals surface area contributed by atoms with E-state index in [1.165, 1.54) is 19.3 Å². The molecule has 0 radical (unpaired) electrons. The maximum atomic E-state index is 12.6. The zero-order valence-electron chi connectivity index (χ0n) is 12.4. The van der Waals surface area contributed by atoms with E-state index >= 15 is 0 Å². The number of hydrogen-bond acceptors (Lipinski definition) is 2. The van der Waals surface area contributed by atoms with E-state index in [0.717, 1.165) is 24.1 Å². The van der Waals surface area contributed by atoms with Crippen LogP contribution in [0.3, 0.4) is 0 Å². The van der Waals surface area contributed by atoms with Crippen molar-refractivity contribution in [1.82, 2.24) is 9.88 Å². The SMILES string of the molecule is Cc1ccc(CNC(C)C)c(=O)n1C1CCCCC1. The topological polar surface area (TPSA) is 34.0 Å². The first-order valence-electron chi connectivity index (χ1n) is 7.54. The molecule has 1 aromatic rings. The molecule has 1 aromatic heterocycles. The van der Waals surface area contributed by atoms with Crippen LogP contribution in [0.2, 0.25) is 0 Å². The zero-order valence-corrected chi connectivity index (χ0v) is 12.4. The molecule has 1 aliphatic carbocycles. The monoisotopic (exact) mass is 262 g/mol. The second kappa shape index (κ2) is 6.38. The molecule has 3 nitrogen and oxygen atoms in total. The largest absolute Gasteiger partial charge is 0.310 e. The molecule has 0 aromatic carbocycles. The number of rotatable bonds is 4. The van der Waals surface area contributed by atoms with Gasteiger partial charge >= 0.3 is 0 Å². The Morgan fingerprint density at radius 3 is 2.58 bits per heavy atom. The van der Waals surface area contributed by atoms with Gasteiger partial charge in [-0.15, -0.1) is 0 Å². The summed E-state index contributed by atoms with van der Waals surface area (Å²) in [5, 5.41) is 3.34. The Morgan fingerprint density at radius 1 is 1.26 bits per heavy atom. The van der Waals surface area contributed by atoms with E-state index in [1.54, 1.807) is 0 Å². The van der Waals surface area contributed by atoms with Crippen molar-refractivity contribution in [2.75, 3.05) is 0 Å². The Hall–Kier alpha value is -1.09. The van der Waals surface area contributed by atoms with Crippen LogP contribution in [-0.2, 0) is 6.54 Å². The summed E-state index contributed by atoms with van der Waals surface area (Å²) in [6, 6.07) is 4.89. The molecule has 1 heterocycles. The minimum absolute atomic E-state index is 0.208. The van der Waals surface area contributed by atoms with Gasteiger partial charge in [-0.2, -0.15) is 0 Å². The van der Waals surface area contributed by atoms with Crippen molar-refractivity contribution in [2.45, 2.75) is 71.5 Å². The van der Waals surface area contributed by atoms with Gasteiger partial charge in [0.2, 0.25) is 0 Å². The average Bonchev–Trinajstić information content (AvgIpc) is 2.39. The number of nitrogens with one attached hydrogen (secondary N) is 1. The molecule has 0 saturated heterocycles. The summed E-state index contributed by atoms with van der Waals surface area (Å²) in [6.07, 6.45) is 6.14. The molecule has 1 aliphatic rings. The highest BCUT2D eigenvalue weighted by Gasteiger charge is 2.18. The maximum Gasteiger partial charge on any atom is 0.255 e. The predicted octanol–water partition coefficient (Wildman–Crippen LogP) is 3.16. The normalized spacial score (nSPS) is 17.1. The van der Waals surface area contributed by atoms with Crippen LogP contribution in [0.4, 0.5) is 0 Å². The first-order valence-corrected chi connectivity index (χ1v) is 7.54. The first-order chi connectivity index (χ1) is 9.09. The lowest BCUT2D eigenvalue weighted by molar-refractivity contribution is 0.340. The van der Waals surface area contributed by atoms with Crippen LogP contribution in [0.25, 0.3) is 0 Å². The maximum absolute atomic E-state index is 12.6. The number of hydrogen-bond donors (Lipinski definition) is 1. The summed E-state index contributed by atoms with van der Waals surface area (Å²) >= 11 is 0. The zero-order chi connectivity index (χ0) is 13.8. The van der Waals surface area contributed by atoms with Crippen molar-refractivity contribution in [3.05, 3.63) is 33.7 Å². The molecular formula is C16H26N2O. The molecule has 0 aliphatic heterocycles. The number of nitrogens with zero attached hydrogens (tertiary/aromatic N) is 1. The summed E-state index contributed by atoms with van der Waals surface area (Å²) in [5.41, 5.74) is 2.20. The third-order valence-corrected chi connectivity index (χ3v) is 4.04. The lowest BCUT2D eigenvalue weighted by atomic mass is 9.94. The quantitative estimate of drug-likeness (QED) is 0.904. The molecule has 3 heteroatoms. The van der Waals surface area contributed by atoms with E-state index in [2.05, 4.69) is 32.2 Å². The third-order valence-electron chi connectivity index (χ3n) is 4.04. The van der Waals surface area contributed by atoms with Gasteiger partial charge in [-0.05, 0) is 25.8 Å². The standard InChI is InChI=1S/C16H26N2O/c1-12(2)17-11-14-10-9-13(3)18(16(14)19)15-7-5-4-6-8-15/h9-10,12,15,17H,4-8,11H2,1-3H3. The Morgan fingerprint density at radius 2 is 1.95 bits per heavy atom. The van der Waals surface area contributed by atoms with Gasteiger partial charge in [0.15, 0.2) is 0 Å². The summed E-state index contributed by atoms with van der Waals surface area (Å²) in [6.45, 7) is 6.93. The molecule has 2 rings (SSSR count). The second-order valence-corrected chi connectivity index (χ2v) is 6.00. The molecule has 0 unspecified atom stereocenters. The van der Waals surface area contributed by atoms with Crippen LogP contribution in [0.15, 0.2) is 16.9 Å². The van der Waals surface area contributed by atoms with Gasteiger partial charge < -0.3 is 9.88 Å². The smallest absolute Gasteiger partial charge is 0.255 e. The van der Waals surface area contributed by atoms with E-state index in [0.29, 0.717) is 18.6 Å². The fourth-order valence-corrected chi connectivity index (χ4v) is 2.93. The van der Waals surface area contributed by atoms with Crippen molar-refractivity contribution < 1.29 is 0 Å². The molecule has 0 spiro atoms. The van der Waals surface area contributed by atoms with Crippen LogP contribution >= 0.6 is 0 Å². The number of aryl methyl sites for hydroxylation is 1. The highest BCUT2D eigenvalue weighted by molar-refractivity contribution is 5.16. The molecule has 0 amide bonds. The van der Waals surface area contributed by atoms with Crippen molar-refractivity contribution in [3.8, 4) is 0 Å². The van der Waals surface area contributed by atoms with E-state index in [-0.39, 0.29) is 5.56 Å². The minimum Gasteiger partial charge on any atom is -0.310 e. The van der Waals surface area contributed by atoms with E-state index in [1.807, 2.05) is 10.6 Å². The third kappa shape index (κ3) is 3.47.